The molecule has 0 spiro atoms. The van der Waals surface area contributed by atoms with Crippen LogP contribution in [0.1, 0.15) is 29.3 Å². The molecule has 0 atom stereocenters. The first kappa shape index (κ1) is 18.9. The monoisotopic (exact) mass is 379 g/mol. The largest absolute Gasteiger partial charge is 0.344 e. The number of halogens is 1. The van der Waals surface area contributed by atoms with Crippen molar-refractivity contribution in [2.75, 3.05) is 17.3 Å². The van der Waals surface area contributed by atoms with Crippen molar-refractivity contribution < 1.29 is 4.79 Å². The van der Waals surface area contributed by atoms with Gasteiger partial charge in [-0.15, -0.1) is 0 Å². The lowest BCUT2D eigenvalue weighted by Gasteiger charge is -2.22. The second kappa shape index (κ2) is 8.69. The summed E-state index contributed by atoms with van der Waals surface area (Å²) in [6, 6.07) is 17.1. The van der Waals surface area contributed by atoms with Gasteiger partial charge in [0.25, 0.3) is 5.91 Å². The van der Waals surface area contributed by atoms with E-state index in [-0.39, 0.29) is 5.91 Å². The molecule has 0 fully saturated rings. The molecule has 0 bridgehead atoms. The maximum atomic E-state index is 12.9. The number of hydrogen-bond donors (Lipinski definition) is 1. The zero-order valence-electron chi connectivity index (χ0n) is 15.4. The molecule has 0 unspecified atom stereocenters. The highest BCUT2D eigenvalue weighted by Gasteiger charge is 2.16. The number of amides is 1. The van der Waals surface area contributed by atoms with Crippen molar-refractivity contribution in [1.29, 1.82) is 0 Å². The summed E-state index contributed by atoms with van der Waals surface area (Å²) < 4.78 is 0. The molecule has 3 aromatic rings. The average Bonchev–Trinajstić information content (AvgIpc) is 2.70. The maximum Gasteiger partial charge on any atom is 0.257 e. The second-order valence-electron chi connectivity index (χ2n) is 6.33. The van der Waals surface area contributed by atoms with Crippen molar-refractivity contribution in [2.24, 2.45) is 0 Å². The fourth-order valence-corrected chi connectivity index (χ4v) is 3.10. The third-order valence-corrected chi connectivity index (χ3v) is 4.60. The summed E-state index contributed by atoms with van der Waals surface area (Å²) in [4.78, 5) is 18.9. The molecule has 1 amide bonds. The summed E-state index contributed by atoms with van der Waals surface area (Å²) >= 11 is 6.16. The molecule has 1 N–H and O–H groups in total. The van der Waals surface area contributed by atoms with Crippen LogP contribution in [0.2, 0.25) is 5.02 Å². The van der Waals surface area contributed by atoms with Crippen molar-refractivity contribution in [3.8, 4) is 0 Å². The average molecular weight is 380 g/mol. The molecule has 0 aliphatic heterocycles. The highest BCUT2D eigenvalue weighted by atomic mass is 35.5. The van der Waals surface area contributed by atoms with E-state index in [0.717, 1.165) is 29.9 Å². The van der Waals surface area contributed by atoms with E-state index in [2.05, 4.69) is 17.2 Å². The van der Waals surface area contributed by atoms with Gasteiger partial charge in [-0.1, -0.05) is 37.1 Å². The van der Waals surface area contributed by atoms with Gasteiger partial charge in [-0.3, -0.25) is 9.78 Å². The first-order valence-electron chi connectivity index (χ1n) is 8.92. The predicted octanol–water partition coefficient (Wildman–Crippen LogP) is 5.71. The molecule has 27 heavy (non-hydrogen) atoms. The number of benzene rings is 2. The molecule has 1 aromatic heterocycles. The van der Waals surface area contributed by atoms with E-state index in [1.165, 1.54) is 5.56 Å². The minimum atomic E-state index is -0.198. The van der Waals surface area contributed by atoms with Gasteiger partial charge >= 0.3 is 0 Å². The van der Waals surface area contributed by atoms with Crippen LogP contribution in [-0.2, 0) is 6.42 Å². The topological polar surface area (TPSA) is 45.2 Å². The zero-order valence-corrected chi connectivity index (χ0v) is 16.2. The van der Waals surface area contributed by atoms with Crippen molar-refractivity contribution >= 4 is 34.6 Å². The summed E-state index contributed by atoms with van der Waals surface area (Å²) in [5.41, 5.74) is 4.24. The van der Waals surface area contributed by atoms with E-state index in [1.807, 2.05) is 54.4 Å². The van der Waals surface area contributed by atoms with Gasteiger partial charge in [0, 0.05) is 35.8 Å². The van der Waals surface area contributed by atoms with Crippen LogP contribution in [0.3, 0.4) is 0 Å². The van der Waals surface area contributed by atoms with Crippen molar-refractivity contribution in [3.05, 3.63) is 83.1 Å². The number of rotatable bonds is 6. The van der Waals surface area contributed by atoms with Crippen LogP contribution in [0.5, 0.6) is 0 Å². The quantitative estimate of drug-likeness (QED) is 0.596. The first-order chi connectivity index (χ1) is 13.1. The summed E-state index contributed by atoms with van der Waals surface area (Å²) in [6.45, 7) is 2.15. The highest BCUT2D eigenvalue weighted by molar-refractivity contribution is 6.31. The zero-order chi connectivity index (χ0) is 19.2. The van der Waals surface area contributed by atoms with Crippen LogP contribution in [0, 0.1) is 0 Å². The lowest BCUT2D eigenvalue weighted by atomic mass is 10.1. The molecule has 0 saturated carbocycles. The molecule has 138 valence electrons. The minimum Gasteiger partial charge on any atom is -0.344 e. The minimum absolute atomic E-state index is 0.198. The number of pyridine rings is 1. The van der Waals surface area contributed by atoms with Gasteiger partial charge in [0.1, 0.15) is 0 Å². The maximum absolute atomic E-state index is 12.9. The molecule has 0 aliphatic rings. The van der Waals surface area contributed by atoms with Crippen LogP contribution in [-0.4, -0.2) is 17.9 Å². The van der Waals surface area contributed by atoms with Crippen LogP contribution in [0.25, 0.3) is 0 Å². The fraction of sp³-hybridized carbons (Fsp3) is 0.182. The van der Waals surface area contributed by atoms with Crippen LogP contribution in [0.15, 0.2) is 67.0 Å². The first-order valence-corrected chi connectivity index (χ1v) is 9.30. The molecule has 5 heteroatoms. The number of hydrogen-bond acceptors (Lipinski definition) is 3. The van der Waals surface area contributed by atoms with Crippen molar-refractivity contribution in [3.63, 3.8) is 0 Å². The number of aryl methyl sites for hydroxylation is 1. The third-order valence-electron chi connectivity index (χ3n) is 4.37. The Bertz CT molecular complexity index is 911. The number of aromatic nitrogens is 1. The Balaban J connectivity index is 1.86. The standard InChI is InChI=1S/C22H22ClN3O/c1-3-4-16-5-8-18(9-6-16)25-22(27)20-15-17(23)7-10-21(20)26(2)19-11-13-24-14-12-19/h5-15H,3-4H2,1-2H3,(H,25,27). The number of nitrogens with zero attached hydrogens (tertiary/aromatic N) is 2. The van der Waals surface area contributed by atoms with Gasteiger partial charge in [-0.2, -0.15) is 0 Å². The molecular weight excluding hydrogens is 358 g/mol. The highest BCUT2D eigenvalue weighted by Crippen LogP contribution is 2.29. The van der Waals surface area contributed by atoms with Crippen LogP contribution in [0.4, 0.5) is 17.1 Å². The lowest BCUT2D eigenvalue weighted by Crippen LogP contribution is -2.18. The molecule has 0 saturated heterocycles. The Morgan fingerprint density at radius 2 is 1.78 bits per heavy atom. The lowest BCUT2D eigenvalue weighted by molar-refractivity contribution is 0.102. The van der Waals surface area contributed by atoms with Gasteiger partial charge in [-0.25, -0.2) is 0 Å². The van der Waals surface area contributed by atoms with Gasteiger partial charge in [0.2, 0.25) is 0 Å². The van der Waals surface area contributed by atoms with E-state index in [9.17, 15) is 4.79 Å². The van der Waals surface area contributed by atoms with Gasteiger partial charge in [-0.05, 0) is 54.4 Å². The Morgan fingerprint density at radius 1 is 1.07 bits per heavy atom. The molecule has 1 heterocycles. The number of carbonyl (C=O) groups excluding carboxylic acids is 1. The Morgan fingerprint density at radius 3 is 2.44 bits per heavy atom. The Kier molecular flexibility index (Phi) is 6.09. The summed E-state index contributed by atoms with van der Waals surface area (Å²) in [5.74, 6) is -0.198. The number of carbonyl (C=O) groups is 1. The number of nitrogens with one attached hydrogen (secondary N) is 1. The summed E-state index contributed by atoms with van der Waals surface area (Å²) in [6.07, 6.45) is 5.57. The van der Waals surface area contributed by atoms with Crippen molar-refractivity contribution in [1.82, 2.24) is 4.98 Å². The van der Waals surface area contributed by atoms with Crippen LogP contribution < -0.4 is 10.2 Å². The van der Waals surface area contributed by atoms with Gasteiger partial charge in [0.15, 0.2) is 0 Å². The van der Waals surface area contributed by atoms with Gasteiger partial charge in [0.05, 0.1) is 11.3 Å². The fourth-order valence-electron chi connectivity index (χ4n) is 2.93. The Hall–Kier alpha value is -2.85. The van der Waals surface area contributed by atoms with Gasteiger partial charge < -0.3 is 10.2 Å². The molecular formula is C22H22ClN3O. The molecule has 4 nitrogen and oxygen atoms in total. The molecule has 0 aliphatic carbocycles. The van der Waals surface area contributed by atoms with E-state index < -0.39 is 0 Å². The Labute approximate surface area is 164 Å². The molecule has 0 radical (unpaired) electrons. The van der Waals surface area contributed by atoms with Crippen molar-refractivity contribution in [2.45, 2.75) is 19.8 Å². The molecule has 2 aromatic carbocycles. The normalized spacial score (nSPS) is 10.5. The van der Waals surface area contributed by atoms with E-state index in [1.54, 1.807) is 24.5 Å². The third kappa shape index (κ3) is 4.66. The smallest absolute Gasteiger partial charge is 0.257 e. The predicted molar refractivity (Wildman–Crippen MR) is 112 cm³/mol. The van der Waals surface area contributed by atoms with E-state index in [4.69, 9.17) is 11.6 Å². The second-order valence-corrected chi connectivity index (χ2v) is 6.76. The van der Waals surface area contributed by atoms with Crippen LogP contribution >= 0.6 is 11.6 Å². The summed E-state index contributed by atoms with van der Waals surface area (Å²) in [5, 5.41) is 3.48. The van der Waals surface area contributed by atoms with E-state index >= 15 is 0 Å². The summed E-state index contributed by atoms with van der Waals surface area (Å²) in [7, 11) is 1.91. The molecule has 3 rings (SSSR count). The SMILES string of the molecule is CCCc1ccc(NC(=O)c2cc(Cl)ccc2N(C)c2ccncc2)cc1. The number of anilines is 3. The van der Waals surface area contributed by atoms with E-state index in [0.29, 0.717) is 10.6 Å².